The molecule has 0 radical (unpaired) electrons. The maximum atomic E-state index is 13.1. The molecule has 0 atom stereocenters. The molecule has 0 saturated heterocycles. The van der Waals surface area contributed by atoms with E-state index in [0.29, 0.717) is 33.6 Å². The summed E-state index contributed by atoms with van der Waals surface area (Å²) >= 11 is 13.0. The van der Waals surface area contributed by atoms with Crippen molar-refractivity contribution in [1.82, 2.24) is 0 Å². The van der Waals surface area contributed by atoms with Crippen molar-refractivity contribution < 1.29 is 18.7 Å². The third-order valence-corrected chi connectivity index (χ3v) is 6.22. The Balaban J connectivity index is 1.74. The molecule has 34 heavy (non-hydrogen) atoms. The fourth-order valence-electron chi connectivity index (χ4n) is 3.87. The lowest BCUT2D eigenvalue weighted by atomic mass is 10.0. The summed E-state index contributed by atoms with van der Waals surface area (Å²) in [5.74, 6) is 0.334. The topological polar surface area (TPSA) is 61.0 Å². The predicted octanol–water partition coefficient (Wildman–Crippen LogP) is 6.98. The second-order valence-corrected chi connectivity index (χ2v) is 9.18. The van der Waals surface area contributed by atoms with Gasteiger partial charge in [-0.2, -0.15) is 0 Å². The van der Waals surface area contributed by atoms with Gasteiger partial charge in [-0.3, -0.25) is 4.99 Å². The molecule has 0 saturated carbocycles. The molecule has 0 unspecified atom stereocenters. The summed E-state index contributed by atoms with van der Waals surface area (Å²) in [5, 5.41) is 1.61. The Labute approximate surface area is 205 Å². The molecule has 4 aromatic rings. The molecule has 0 aliphatic carbocycles. The average molecular weight is 492 g/mol. The van der Waals surface area contributed by atoms with E-state index in [4.69, 9.17) is 37.1 Å². The highest BCUT2D eigenvalue weighted by molar-refractivity contribution is 6.51. The predicted molar refractivity (Wildman–Crippen MR) is 136 cm³/mol. The minimum Gasteiger partial charge on any atom is -0.493 e. The van der Waals surface area contributed by atoms with Crippen molar-refractivity contribution in [1.29, 1.82) is 0 Å². The maximum absolute atomic E-state index is 13.1. The van der Waals surface area contributed by atoms with Crippen LogP contribution in [-0.2, 0) is 4.74 Å². The van der Waals surface area contributed by atoms with Crippen LogP contribution in [0.1, 0.15) is 15.9 Å². The van der Waals surface area contributed by atoms with Crippen molar-refractivity contribution in [2.24, 2.45) is 4.99 Å². The summed E-state index contributed by atoms with van der Waals surface area (Å²) in [5.41, 5.74) is 2.84. The number of carbonyl (C=O) groups excluding carboxylic acids is 1. The first kappa shape index (κ1) is 22.3. The average Bonchev–Trinajstić information content (AvgIpc) is 3.24. The zero-order valence-corrected chi connectivity index (χ0v) is 19.6. The Morgan fingerprint density at radius 2 is 1.82 bits per heavy atom. The van der Waals surface area contributed by atoms with Crippen molar-refractivity contribution >= 4 is 63.1 Å². The molecule has 1 aliphatic heterocycles. The first-order valence-electron chi connectivity index (χ1n) is 10.5. The number of furan rings is 1. The number of esters is 1. The third kappa shape index (κ3) is 4.09. The number of methoxy groups -OCH3 is 1. The van der Waals surface area contributed by atoms with Gasteiger partial charge in [0.25, 0.3) is 0 Å². The second kappa shape index (κ2) is 9.01. The SMILES string of the molecule is COc1ccc(C(=CC2=CC=NCC2(Cl)Cl)OC(=O)c2ccccc2)c2c1oc1ccccc12. The fraction of sp³-hybridized carbons (Fsp3) is 0.111. The number of rotatable bonds is 5. The second-order valence-electron chi connectivity index (χ2n) is 7.70. The zero-order valence-electron chi connectivity index (χ0n) is 18.1. The Morgan fingerprint density at radius 1 is 1.06 bits per heavy atom. The summed E-state index contributed by atoms with van der Waals surface area (Å²) in [6.07, 6.45) is 5.01. The summed E-state index contributed by atoms with van der Waals surface area (Å²) in [4.78, 5) is 17.2. The lowest BCUT2D eigenvalue weighted by Gasteiger charge is -2.22. The number of hydrogen-bond donors (Lipinski definition) is 0. The van der Waals surface area contributed by atoms with Gasteiger partial charge in [-0.05, 0) is 48.1 Å². The number of alkyl halides is 2. The number of aliphatic imine (C=N–C) groups is 1. The zero-order chi connectivity index (χ0) is 23.7. The van der Waals surface area contributed by atoms with Gasteiger partial charge in [-0.1, -0.05) is 59.6 Å². The van der Waals surface area contributed by atoms with E-state index in [9.17, 15) is 4.79 Å². The molecule has 0 bridgehead atoms. The van der Waals surface area contributed by atoms with E-state index in [1.807, 2.05) is 36.4 Å². The van der Waals surface area contributed by atoms with Gasteiger partial charge < -0.3 is 13.9 Å². The minimum absolute atomic E-state index is 0.186. The number of dihydropyridines is 1. The van der Waals surface area contributed by atoms with Gasteiger partial charge in [-0.15, -0.1) is 0 Å². The number of benzene rings is 3. The van der Waals surface area contributed by atoms with Gasteiger partial charge in [0.15, 0.2) is 15.7 Å². The highest BCUT2D eigenvalue weighted by atomic mass is 35.5. The van der Waals surface area contributed by atoms with Gasteiger partial charge in [0, 0.05) is 22.6 Å². The monoisotopic (exact) mass is 491 g/mol. The number of halogens is 2. The van der Waals surface area contributed by atoms with Crippen LogP contribution in [0.4, 0.5) is 0 Å². The highest BCUT2D eigenvalue weighted by Gasteiger charge is 2.31. The fourth-order valence-corrected chi connectivity index (χ4v) is 4.25. The van der Waals surface area contributed by atoms with Crippen LogP contribution in [-0.4, -0.2) is 30.2 Å². The summed E-state index contributed by atoms with van der Waals surface area (Å²) in [6, 6.07) is 20.0. The molecule has 5 rings (SSSR count). The molecule has 0 fully saturated rings. The van der Waals surface area contributed by atoms with Gasteiger partial charge in [0.05, 0.1) is 19.2 Å². The Morgan fingerprint density at radius 3 is 2.59 bits per heavy atom. The number of ether oxygens (including phenoxy) is 2. The van der Waals surface area contributed by atoms with Gasteiger partial charge in [-0.25, -0.2) is 4.79 Å². The van der Waals surface area contributed by atoms with Crippen LogP contribution in [0.2, 0.25) is 0 Å². The summed E-state index contributed by atoms with van der Waals surface area (Å²) < 4.78 is 16.3. The Bertz CT molecular complexity index is 1480. The van der Waals surface area contributed by atoms with Crippen molar-refractivity contribution in [2.45, 2.75) is 4.33 Å². The van der Waals surface area contributed by atoms with Crippen LogP contribution in [0, 0.1) is 0 Å². The largest absolute Gasteiger partial charge is 0.493 e. The first-order chi connectivity index (χ1) is 16.5. The number of allylic oxidation sites excluding steroid dienone is 2. The van der Waals surface area contributed by atoms with E-state index in [1.165, 1.54) is 0 Å². The van der Waals surface area contributed by atoms with Gasteiger partial charge in [0.2, 0.25) is 0 Å². The van der Waals surface area contributed by atoms with Crippen molar-refractivity contribution in [3.8, 4) is 5.75 Å². The molecule has 7 heteroatoms. The van der Waals surface area contributed by atoms with E-state index in [1.54, 1.807) is 55.8 Å². The van der Waals surface area contributed by atoms with Gasteiger partial charge >= 0.3 is 5.97 Å². The number of carbonyl (C=O) groups is 1. The summed E-state index contributed by atoms with van der Waals surface area (Å²) in [7, 11) is 1.58. The molecular weight excluding hydrogens is 473 g/mol. The molecule has 2 heterocycles. The maximum Gasteiger partial charge on any atom is 0.343 e. The van der Waals surface area contributed by atoms with Crippen molar-refractivity contribution in [3.63, 3.8) is 0 Å². The van der Waals surface area contributed by atoms with Gasteiger partial charge in [0.1, 0.15) is 11.3 Å². The Hall–Kier alpha value is -3.54. The molecule has 170 valence electrons. The van der Waals surface area contributed by atoms with E-state index >= 15 is 0 Å². The first-order valence-corrected chi connectivity index (χ1v) is 11.3. The normalized spacial score (nSPS) is 15.4. The standard InChI is InChI=1S/C27H19Cl2NO4/c1-32-22-12-11-20(24-19-9-5-6-10-21(19)33-25(22)24)23(15-18-13-14-30-16-27(18,28)29)34-26(31)17-7-3-2-4-8-17/h2-15H,16H2,1H3. The van der Waals surface area contributed by atoms with Crippen LogP contribution in [0.3, 0.4) is 0 Å². The van der Waals surface area contributed by atoms with Crippen LogP contribution in [0.25, 0.3) is 27.7 Å². The van der Waals surface area contributed by atoms with Crippen molar-refractivity contribution in [2.75, 3.05) is 13.7 Å². The minimum atomic E-state index is -1.26. The van der Waals surface area contributed by atoms with Crippen molar-refractivity contribution in [3.05, 3.63) is 95.6 Å². The molecule has 0 spiro atoms. The van der Waals surface area contributed by atoms with Crippen LogP contribution in [0.15, 0.2) is 93.9 Å². The lowest BCUT2D eigenvalue weighted by Crippen LogP contribution is -2.22. The molecular formula is C27H19Cl2NO4. The van der Waals surface area contributed by atoms with E-state index in [-0.39, 0.29) is 12.3 Å². The molecule has 3 aromatic carbocycles. The number of para-hydroxylation sites is 1. The highest BCUT2D eigenvalue weighted by Crippen LogP contribution is 2.41. The number of hydrogen-bond acceptors (Lipinski definition) is 5. The number of nitrogens with zero attached hydrogens (tertiary/aromatic N) is 1. The molecule has 0 amide bonds. The van der Waals surface area contributed by atoms with Crippen LogP contribution in [0.5, 0.6) is 5.75 Å². The quantitative estimate of drug-likeness (QED) is 0.171. The third-order valence-electron chi connectivity index (χ3n) is 5.55. The van der Waals surface area contributed by atoms with E-state index in [0.717, 1.165) is 10.8 Å². The molecule has 5 nitrogen and oxygen atoms in total. The number of fused-ring (bicyclic) bond motifs is 3. The van der Waals surface area contributed by atoms with E-state index < -0.39 is 10.3 Å². The molecule has 1 aliphatic rings. The Kier molecular flexibility index (Phi) is 5.90. The van der Waals surface area contributed by atoms with E-state index in [2.05, 4.69) is 4.99 Å². The lowest BCUT2D eigenvalue weighted by molar-refractivity contribution is 0.0692. The summed E-state index contributed by atoms with van der Waals surface area (Å²) in [6.45, 7) is 0.186. The van der Waals surface area contributed by atoms with Crippen LogP contribution >= 0.6 is 23.2 Å². The molecule has 0 N–H and O–H groups in total. The smallest absolute Gasteiger partial charge is 0.343 e. The molecule has 1 aromatic heterocycles. The van der Waals surface area contributed by atoms with Crippen LogP contribution < -0.4 is 4.74 Å².